The summed E-state index contributed by atoms with van der Waals surface area (Å²) in [4.78, 5) is 45.5. The highest BCUT2D eigenvalue weighted by atomic mass is 16.6. The summed E-state index contributed by atoms with van der Waals surface area (Å²) in [5.74, 6) is -3.48. The number of rotatable bonds is 14. The fraction of sp³-hybridized carbons (Fsp3) is 0.600. The van der Waals surface area contributed by atoms with Gasteiger partial charge in [0.1, 0.15) is 25.4 Å². The van der Waals surface area contributed by atoms with E-state index in [-0.39, 0.29) is 26.4 Å². The molecule has 0 saturated carbocycles. The predicted octanol–water partition coefficient (Wildman–Crippen LogP) is 1.12. The van der Waals surface area contributed by atoms with Gasteiger partial charge in [-0.2, -0.15) is 0 Å². The largest absolute Gasteiger partial charge is 0.460 e. The maximum absolute atomic E-state index is 11.8. The molecule has 170 valence electrons. The third-order valence-corrected chi connectivity index (χ3v) is 3.27. The van der Waals surface area contributed by atoms with Crippen LogP contribution in [-0.2, 0) is 47.6 Å². The van der Waals surface area contributed by atoms with E-state index < -0.39 is 48.3 Å². The third kappa shape index (κ3) is 13.5. The topological polar surface area (TPSA) is 124 Å². The van der Waals surface area contributed by atoms with Crippen molar-refractivity contribution in [3.8, 4) is 0 Å². The lowest BCUT2D eigenvalue weighted by Crippen LogP contribution is -2.32. The van der Waals surface area contributed by atoms with Crippen LogP contribution in [0.15, 0.2) is 25.3 Å². The highest BCUT2D eigenvalue weighted by Crippen LogP contribution is 2.03. The molecule has 0 saturated heterocycles. The SMILES string of the molecule is C=CC(=O)OCC(C)OCC(C)OC(=O)C(=O)OC(C)COC(C)COC(=O)C=C. The van der Waals surface area contributed by atoms with Crippen molar-refractivity contribution in [3.63, 3.8) is 0 Å². The van der Waals surface area contributed by atoms with Crippen molar-refractivity contribution in [2.24, 2.45) is 0 Å². The van der Waals surface area contributed by atoms with Crippen molar-refractivity contribution < 1.29 is 47.6 Å². The summed E-state index contributed by atoms with van der Waals surface area (Å²) in [5, 5.41) is 0. The van der Waals surface area contributed by atoms with Gasteiger partial charge in [-0.25, -0.2) is 19.2 Å². The first kappa shape index (κ1) is 27.3. The lowest BCUT2D eigenvalue weighted by atomic mass is 10.4. The molecule has 0 rings (SSSR count). The van der Waals surface area contributed by atoms with Crippen molar-refractivity contribution >= 4 is 23.9 Å². The zero-order valence-electron chi connectivity index (χ0n) is 17.8. The molecule has 0 bridgehead atoms. The zero-order valence-corrected chi connectivity index (χ0v) is 17.8. The molecule has 0 heterocycles. The van der Waals surface area contributed by atoms with E-state index in [2.05, 4.69) is 13.2 Å². The maximum Gasteiger partial charge on any atom is 0.417 e. The van der Waals surface area contributed by atoms with Crippen LogP contribution in [0.25, 0.3) is 0 Å². The van der Waals surface area contributed by atoms with Gasteiger partial charge in [-0.15, -0.1) is 0 Å². The number of ether oxygens (including phenoxy) is 6. The molecule has 10 heteroatoms. The van der Waals surface area contributed by atoms with Crippen LogP contribution < -0.4 is 0 Å². The normalized spacial score (nSPS) is 14.4. The van der Waals surface area contributed by atoms with Crippen molar-refractivity contribution in [1.29, 1.82) is 0 Å². The number of hydrogen-bond acceptors (Lipinski definition) is 10. The monoisotopic (exact) mass is 430 g/mol. The molecule has 0 amide bonds. The number of carbonyl (C=O) groups excluding carboxylic acids is 4. The van der Waals surface area contributed by atoms with E-state index >= 15 is 0 Å². The fourth-order valence-corrected chi connectivity index (χ4v) is 1.74. The van der Waals surface area contributed by atoms with Gasteiger partial charge in [0, 0.05) is 12.2 Å². The second-order valence-electron chi connectivity index (χ2n) is 6.39. The molecule has 0 aromatic carbocycles. The first-order valence-electron chi connectivity index (χ1n) is 9.32. The highest BCUT2D eigenvalue weighted by molar-refractivity contribution is 6.29. The molecule has 4 unspecified atom stereocenters. The molecule has 0 spiro atoms. The molecule has 10 nitrogen and oxygen atoms in total. The second kappa shape index (κ2) is 15.2. The van der Waals surface area contributed by atoms with Crippen LogP contribution in [0.3, 0.4) is 0 Å². The van der Waals surface area contributed by atoms with Crippen LogP contribution in [0, 0.1) is 0 Å². The molecular formula is C20H30O10. The van der Waals surface area contributed by atoms with Gasteiger partial charge in [-0.1, -0.05) is 13.2 Å². The molecule has 4 atom stereocenters. The fourth-order valence-electron chi connectivity index (χ4n) is 1.74. The van der Waals surface area contributed by atoms with Crippen molar-refractivity contribution in [3.05, 3.63) is 25.3 Å². The number of esters is 4. The second-order valence-corrected chi connectivity index (χ2v) is 6.39. The van der Waals surface area contributed by atoms with Gasteiger partial charge in [0.25, 0.3) is 0 Å². The predicted molar refractivity (Wildman–Crippen MR) is 104 cm³/mol. The van der Waals surface area contributed by atoms with Crippen LogP contribution in [-0.4, -0.2) is 74.7 Å². The molecule has 30 heavy (non-hydrogen) atoms. The first-order valence-corrected chi connectivity index (χ1v) is 9.32. The van der Waals surface area contributed by atoms with E-state index in [1.165, 1.54) is 13.8 Å². The van der Waals surface area contributed by atoms with E-state index in [4.69, 9.17) is 28.4 Å². The van der Waals surface area contributed by atoms with Gasteiger partial charge in [0.2, 0.25) is 0 Å². The zero-order chi connectivity index (χ0) is 23.1. The Morgan fingerprint density at radius 2 is 0.967 bits per heavy atom. The van der Waals surface area contributed by atoms with Crippen molar-refractivity contribution in [2.45, 2.75) is 52.1 Å². The molecule has 0 aromatic rings. The Balaban J connectivity index is 4.11. The van der Waals surface area contributed by atoms with E-state index in [1.54, 1.807) is 13.8 Å². The van der Waals surface area contributed by atoms with E-state index in [1.807, 2.05) is 0 Å². The van der Waals surface area contributed by atoms with E-state index in [0.717, 1.165) is 12.2 Å². The molecule has 0 aromatic heterocycles. The Morgan fingerprint density at radius 1 is 0.633 bits per heavy atom. The summed E-state index contributed by atoms with van der Waals surface area (Å²) in [6.07, 6.45) is -0.263. The minimum Gasteiger partial charge on any atom is -0.460 e. The minimum absolute atomic E-state index is 0.00850. The Hall–Kier alpha value is -2.72. The standard InChI is InChI=1S/C20H30O10/c1-7-17(21)27-9-13(3)25-11-15(5)29-19(23)20(24)30-16(6)12-26-14(4)10-28-18(22)8-2/h7-8,13-16H,1-2,9-12H2,3-6H3. The van der Waals surface area contributed by atoms with Crippen LogP contribution in [0.5, 0.6) is 0 Å². The quantitative estimate of drug-likeness (QED) is 0.171. The van der Waals surface area contributed by atoms with E-state index in [9.17, 15) is 19.2 Å². The Labute approximate surface area is 176 Å². The summed E-state index contributed by atoms with van der Waals surface area (Å²) in [7, 11) is 0. The van der Waals surface area contributed by atoms with Crippen molar-refractivity contribution in [2.75, 3.05) is 26.4 Å². The molecule has 0 aliphatic carbocycles. The summed E-state index contributed by atoms with van der Waals surface area (Å²) in [6, 6.07) is 0. The average Bonchev–Trinajstić information content (AvgIpc) is 2.72. The Kier molecular flexibility index (Phi) is 13.8. The first-order chi connectivity index (χ1) is 14.1. The van der Waals surface area contributed by atoms with Gasteiger partial charge in [0.15, 0.2) is 0 Å². The average molecular weight is 430 g/mol. The lowest BCUT2D eigenvalue weighted by Gasteiger charge is -2.19. The summed E-state index contributed by atoms with van der Waals surface area (Å²) >= 11 is 0. The maximum atomic E-state index is 11.8. The lowest BCUT2D eigenvalue weighted by molar-refractivity contribution is -0.177. The van der Waals surface area contributed by atoms with Gasteiger partial charge < -0.3 is 28.4 Å². The van der Waals surface area contributed by atoms with E-state index in [0.29, 0.717) is 0 Å². The number of carbonyl (C=O) groups is 4. The molecule has 0 aliphatic heterocycles. The van der Waals surface area contributed by atoms with Gasteiger partial charge in [-0.05, 0) is 27.7 Å². The third-order valence-electron chi connectivity index (χ3n) is 3.27. The molecular weight excluding hydrogens is 400 g/mol. The van der Waals surface area contributed by atoms with Crippen LogP contribution in [0.2, 0.25) is 0 Å². The number of hydrogen-bond donors (Lipinski definition) is 0. The minimum atomic E-state index is -1.17. The van der Waals surface area contributed by atoms with Crippen LogP contribution in [0.4, 0.5) is 0 Å². The summed E-state index contributed by atoms with van der Waals surface area (Å²) < 4.78 is 30.3. The molecule has 0 aliphatic rings. The van der Waals surface area contributed by atoms with Crippen molar-refractivity contribution in [1.82, 2.24) is 0 Å². The highest BCUT2D eigenvalue weighted by Gasteiger charge is 2.23. The van der Waals surface area contributed by atoms with Gasteiger partial charge in [-0.3, -0.25) is 0 Å². The summed E-state index contributed by atoms with van der Waals surface area (Å²) in [6.45, 7) is 13.0. The smallest absolute Gasteiger partial charge is 0.417 e. The van der Waals surface area contributed by atoms with Crippen LogP contribution in [0.1, 0.15) is 27.7 Å². The molecule has 0 radical (unpaired) electrons. The molecule has 0 fully saturated rings. The van der Waals surface area contributed by atoms with Crippen LogP contribution >= 0.6 is 0 Å². The Morgan fingerprint density at radius 3 is 1.27 bits per heavy atom. The van der Waals surface area contributed by atoms with Gasteiger partial charge in [0.05, 0.1) is 25.4 Å². The molecule has 0 N–H and O–H groups in total. The summed E-state index contributed by atoms with van der Waals surface area (Å²) in [5.41, 5.74) is 0. The van der Waals surface area contributed by atoms with Gasteiger partial charge >= 0.3 is 23.9 Å². The Bertz CT molecular complexity index is 548.